The summed E-state index contributed by atoms with van der Waals surface area (Å²) in [6.45, 7) is 6.06. The van der Waals surface area contributed by atoms with Gasteiger partial charge in [0.1, 0.15) is 23.6 Å². The maximum absolute atomic E-state index is 12.0. The average molecular weight is 389 g/mol. The smallest absolute Gasteiger partial charge is 0.302 e. The molecule has 28 heavy (non-hydrogen) atoms. The van der Waals surface area contributed by atoms with Crippen LogP contribution in [0.5, 0.6) is 0 Å². The van der Waals surface area contributed by atoms with E-state index in [9.17, 15) is 14.7 Å². The minimum Gasteiger partial charge on any atom is -0.509 e. The maximum Gasteiger partial charge on any atom is 0.302 e. The van der Waals surface area contributed by atoms with Crippen molar-refractivity contribution in [1.82, 2.24) is 0 Å². The highest BCUT2D eigenvalue weighted by Gasteiger charge is 2.76. The first-order valence-electron chi connectivity index (χ1n) is 10.7. The van der Waals surface area contributed by atoms with Gasteiger partial charge < -0.3 is 20.3 Å². The number of fused-ring (bicyclic) bond motifs is 4. The van der Waals surface area contributed by atoms with Crippen LogP contribution < -0.4 is 5.73 Å². The molecule has 4 aliphatic carbocycles. The summed E-state index contributed by atoms with van der Waals surface area (Å²) >= 11 is 0. The standard InChI is InChI=1S/C22H31NO5/c1-11(24)27-16-5-4-14-12-6-9-22-18(28-22)17(25)13(19(23)26)10-21(22,3)15(12)7-8-20(14,16)2/h12,14-16,18,25H,4-10H2,1-3H3,(H2,23,26)/t12-,14-,15-,16-,18+,20-,21+,22+/m0/s1. The van der Waals surface area contributed by atoms with Crippen molar-refractivity contribution in [3.05, 3.63) is 11.3 Å². The molecule has 1 heterocycles. The molecule has 5 aliphatic rings. The number of rotatable bonds is 2. The molecule has 6 nitrogen and oxygen atoms in total. The van der Waals surface area contributed by atoms with Gasteiger partial charge in [-0.2, -0.15) is 0 Å². The van der Waals surface area contributed by atoms with Crippen LogP contribution >= 0.6 is 0 Å². The van der Waals surface area contributed by atoms with Gasteiger partial charge in [0.2, 0.25) is 5.91 Å². The van der Waals surface area contributed by atoms with Gasteiger partial charge in [0.15, 0.2) is 0 Å². The molecule has 6 heteroatoms. The molecule has 0 aromatic carbocycles. The lowest BCUT2D eigenvalue weighted by Gasteiger charge is -2.59. The fourth-order valence-electron chi connectivity index (χ4n) is 7.99. The van der Waals surface area contributed by atoms with E-state index >= 15 is 0 Å². The van der Waals surface area contributed by atoms with E-state index in [2.05, 4.69) is 13.8 Å². The van der Waals surface area contributed by atoms with Gasteiger partial charge in [-0.1, -0.05) is 13.8 Å². The summed E-state index contributed by atoms with van der Waals surface area (Å²) in [5.41, 5.74) is 5.48. The van der Waals surface area contributed by atoms with Gasteiger partial charge in [0.05, 0.1) is 5.57 Å². The highest BCUT2D eigenvalue weighted by molar-refractivity contribution is 5.93. The Kier molecular flexibility index (Phi) is 3.64. The fraction of sp³-hybridized carbons (Fsp3) is 0.818. The third-order valence-electron chi connectivity index (χ3n) is 9.39. The monoisotopic (exact) mass is 389 g/mol. The number of hydrogen-bond donors (Lipinski definition) is 2. The first-order chi connectivity index (χ1) is 13.1. The summed E-state index contributed by atoms with van der Waals surface area (Å²) in [7, 11) is 0. The molecule has 1 amide bonds. The van der Waals surface area contributed by atoms with E-state index in [1.54, 1.807) is 0 Å². The largest absolute Gasteiger partial charge is 0.509 e. The minimum absolute atomic E-state index is 0.0149. The molecule has 0 unspecified atom stereocenters. The molecule has 3 N–H and O–H groups in total. The van der Waals surface area contributed by atoms with Crippen LogP contribution in [0.15, 0.2) is 11.3 Å². The molecule has 8 atom stereocenters. The molecule has 3 saturated carbocycles. The Balaban J connectivity index is 1.48. The number of epoxide rings is 1. The molecule has 1 saturated heterocycles. The highest BCUT2D eigenvalue weighted by atomic mass is 16.6. The van der Waals surface area contributed by atoms with Gasteiger partial charge in [-0.25, -0.2) is 0 Å². The summed E-state index contributed by atoms with van der Waals surface area (Å²) in [6, 6.07) is 0. The lowest BCUT2D eigenvalue weighted by atomic mass is 9.45. The number of aliphatic hydroxyl groups is 1. The molecule has 4 fully saturated rings. The van der Waals surface area contributed by atoms with Crippen molar-refractivity contribution < 1.29 is 24.2 Å². The zero-order valence-electron chi connectivity index (χ0n) is 17.0. The van der Waals surface area contributed by atoms with Gasteiger partial charge in [-0.15, -0.1) is 0 Å². The van der Waals surface area contributed by atoms with E-state index in [1.807, 2.05) is 0 Å². The molecule has 5 rings (SSSR count). The van der Waals surface area contributed by atoms with Gasteiger partial charge in [-0.3, -0.25) is 9.59 Å². The Morgan fingerprint density at radius 3 is 2.57 bits per heavy atom. The zero-order valence-corrected chi connectivity index (χ0v) is 17.0. The van der Waals surface area contributed by atoms with Gasteiger partial charge >= 0.3 is 5.97 Å². The van der Waals surface area contributed by atoms with E-state index in [1.165, 1.54) is 6.92 Å². The summed E-state index contributed by atoms with van der Waals surface area (Å²) < 4.78 is 11.9. The van der Waals surface area contributed by atoms with Crippen molar-refractivity contribution in [2.24, 2.45) is 34.3 Å². The van der Waals surface area contributed by atoms with Crippen LogP contribution in [0.2, 0.25) is 0 Å². The predicted molar refractivity (Wildman–Crippen MR) is 101 cm³/mol. The van der Waals surface area contributed by atoms with Crippen molar-refractivity contribution in [2.75, 3.05) is 0 Å². The van der Waals surface area contributed by atoms with Crippen molar-refractivity contribution in [3.8, 4) is 0 Å². The van der Waals surface area contributed by atoms with E-state index in [0.717, 1.165) is 38.5 Å². The third kappa shape index (κ3) is 2.08. The van der Waals surface area contributed by atoms with Crippen LogP contribution in [0.3, 0.4) is 0 Å². The SMILES string of the molecule is CC(=O)O[C@H]1CC[C@H]2[C@@H]3CC[C@@]45O[C@@H]4C(O)=C(C(N)=O)C[C@]5(C)[C@H]3CC[C@]12C. The number of aliphatic hydroxyl groups excluding tert-OH is 1. The number of ether oxygens (including phenoxy) is 2. The van der Waals surface area contributed by atoms with Gasteiger partial charge in [0.25, 0.3) is 0 Å². The van der Waals surface area contributed by atoms with Crippen molar-refractivity contribution in [1.29, 1.82) is 0 Å². The molecule has 154 valence electrons. The maximum atomic E-state index is 12.0. The molecule has 1 aliphatic heterocycles. The Hall–Kier alpha value is -1.56. The number of carbonyl (C=O) groups is 2. The molecule has 1 spiro atoms. The van der Waals surface area contributed by atoms with Crippen LogP contribution in [-0.2, 0) is 19.1 Å². The average Bonchev–Trinajstić information content (AvgIpc) is 3.28. The Morgan fingerprint density at radius 1 is 1.14 bits per heavy atom. The van der Waals surface area contributed by atoms with E-state index in [0.29, 0.717) is 29.7 Å². The first-order valence-corrected chi connectivity index (χ1v) is 10.7. The summed E-state index contributed by atoms with van der Waals surface area (Å²) in [6.07, 6.45) is 6.24. The number of nitrogens with two attached hydrogens (primary N) is 1. The predicted octanol–water partition coefficient (Wildman–Crippen LogP) is 3.00. The normalized spacial score (nSPS) is 51.5. The molecular formula is C22H31NO5. The van der Waals surface area contributed by atoms with E-state index in [4.69, 9.17) is 15.2 Å². The molecule has 0 radical (unpaired) electrons. The van der Waals surface area contributed by atoms with Crippen molar-refractivity contribution in [2.45, 2.75) is 83.5 Å². The number of hydrogen-bond acceptors (Lipinski definition) is 5. The highest BCUT2D eigenvalue weighted by Crippen LogP contribution is 2.73. The summed E-state index contributed by atoms with van der Waals surface area (Å²) in [5, 5.41) is 10.5. The van der Waals surface area contributed by atoms with Crippen molar-refractivity contribution >= 4 is 11.9 Å². The number of primary amides is 1. The second-order valence-electron chi connectivity index (χ2n) is 10.3. The van der Waals surface area contributed by atoms with Gasteiger partial charge in [0, 0.05) is 17.8 Å². The van der Waals surface area contributed by atoms with Crippen molar-refractivity contribution in [3.63, 3.8) is 0 Å². The molecular weight excluding hydrogens is 358 g/mol. The molecule has 0 aromatic rings. The second-order valence-corrected chi connectivity index (χ2v) is 10.3. The lowest BCUT2D eigenvalue weighted by molar-refractivity contribution is -0.160. The number of carbonyl (C=O) groups excluding carboxylic acids is 2. The molecule has 0 bridgehead atoms. The van der Waals surface area contributed by atoms with Crippen LogP contribution in [0.1, 0.15) is 65.7 Å². The quantitative estimate of drug-likeness (QED) is 0.558. The Morgan fingerprint density at radius 2 is 1.89 bits per heavy atom. The van der Waals surface area contributed by atoms with Crippen LogP contribution in [-0.4, -0.2) is 34.8 Å². The second kappa shape index (κ2) is 5.53. The fourth-order valence-corrected chi connectivity index (χ4v) is 7.99. The third-order valence-corrected chi connectivity index (χ3v) is 9.39. The van der Waals surface area contributed by atoms with Crippen LogP contribution in [0.25, 0.3) is 0 Å². The Bertz CT molecular complexity index is 792. The van der Waals surface area contributed by atoms with Crippen LogP contribution in [0, 0.1) is 28.6 Å². The van der Waals surface area contributed by atoms with Crippen LogP contribution in [0.4, 0.5) is 0 Å². The number of amides is 1. The van der Waals surface area contributed by atoms with E-state index < -0.39 is 5.91 Å². The Labute approximate surface area is 165 Å². The first kappa shape index (κ1) is 18.5. The zero-order chi connectivity index (χ0) is 20.1. The molecule has 0 aromatic heterocycles. The number of esters is 1. The minimum atomic E-state index is -0.526. The summed E-state index contributed by atoms with van der Waals surface area (Å²) in [5.74, 6) is 0.855. The van der Waals surface area contributed by atoms with Gasteiger partial charge in [-0.05, 0) is 62.7 Å². The summed E-state index contributed by atoms with van der Waals surface area (Å²) in [4.78, 5) is 23.6. The van der Waals surface area contributed by atoms with E-state index in [-0.39, 0.29) is 40.4 Å². The lowest BCUT2D eigenvalue weighted by Crippen LogP contribution is -2.58. The topological polar surface area (TPSA) is 102 Å².